The fourth-order valence-corrected chi connectivity index (χ4v) is 2.44. The molecule has 3 rings (SSSR count). The molecular weight excluding hydrogens is 252 g/mol. The van der Waals surface area contributed by atoms with Crippen LogP contribution in [0.3, 0.4) is 0 Å². The topological polar surface area (TPSA) is 35.4 Å². The lowest BCUT2D eigenvalue weighted by Gasteiger charge is -2.16. The van der Waals surface area contributed by atoms with Crippen molar-refractivity contribution < 1.29 is 9.47 Å². The maximum absolute atomic E-state index is 5.75. The van der Waals surface area contributed by atoms with E-state index in [1.807, 2.05) is 32.0 Å². The van der Waals surface area contributed by atoms with E-state index in [9.17, 15) is 0 Å². The summed E-state index contributed by atoms with van der Waals surface area (Å²) < 4.78 is 13.7. The summed E-state index contributed by atoms with van der Waals surface area (Å²) in [5.41, 5.74) is 2.30. The highest BCUT2D eigenvalue weighted by Gasteiger charge is 2.31. The number of nitrogens with zero attached hydrogens (tertiary/aromatic N) is 1. The van der Waals surface area contributed by atoms with Crippen LogP contribution in [0.5, 0.6) is 11.5 Å². The highest BCUT2D eigenvalue weighted by molar-refractivity contribution is 5.56. The van der Waals surface area contributed by atoms with E-state index in [1.165, 1.54) is 5.69 Å². The summed E-state index contributed by atoms with van der Waals surface area (Å²) >= 11 is 0. The van der Waals surface area contributed by atoms with E-state index >= 15 is 0 Å². The summed E-state index contributed by atoms with van der Waals surface area (Å²) in [5, 5.41) is 3.42. The van der Waals surface area contributed by atoms with Gasteiger partial charge in [-0.05, 0) is 31.2 Å². The Bertz CT molecular complexity index is 617. The molecule has 1 aromatic heterocycles. The minimum Gasteiger partial charge on any atom is -0.449 e. The van der Waals surface area contributed by atoms with E-state index in [0.29, 0.717) is 0 Å². The van der Waals surface area contributed by atoms with Gasteiger partial charge < -0.3 is 19.4 Å². The van der Waals surface area contributed by atoms with Gasteiger partial charge in [0.2, 0.25) is 5.79 Å². The van der Waals surface area contributed by atoms with Crippen LogP contribution in [-0.4, -0.2) is 10.4 Å². The minimum absolute atomic E-state index is 0.572. The number of aromatic nitrogens is 1. The first kappa shape index (κ1) is 12.9. The van der Waals surface area contributed by atoms with Gasteiger partial charge in [-0.3, -0.25) is 0 Å². The number of aryl methyl sites for hydroxylation is 1. The smallest absolute Gasteiger partial charge is 0.246 e. The first-order valence-corrected chi connectivity index (χ1v) is 6.97. The molecule has 0 radical (unpaired) electrons. The highest BCUT2D eigenvalue weighted by Crippen LogP contribution is 2.40. The van der Waals surface area contributed by atoms with Crippen molar-refractivity contribution in [1.29, 1.82) is 0 Å². The fraction of sp³-hybridized carbons (Fsp3) is 0.375. The second kappa shape index (κ2) is 4.78. The van der Waals surface area contributed by atoms with Crippen molar-refractivity contribution in [3.8, 4) is 11.5 Å². The zero-order valence-corrected chi connectivity index (χ0v) is 12.1. The largest absolute Gasteiger partial charge is 0.449 e. The fourth-order valence-electron chi connectivity index (χ4n) is 2.44. The molecule has 0 saturated carbocycles. The standard InChI is InChI=1S/C16H20N2O2/c1-4-18-9-5-6-13(18)11-17-12-7-8-14-15(10-12)20-16(2,3)19-14/h5-10,17H,4,11H2,1-3H3. The summed E-state index contributed by atoms with van der Waals surface area (Å²) in [6.45, 7) is 7.75. The average molecular weight is 272 g/mol. The molecule has 0 fully saturated rings. The van der Waals surface area contributed by atoms with Gasteiger partial charge in [-0.25, -0.2) is 0 Å². The molecule has 1 aromatic carbocycles. The second-order valence-corrected chi connectivity index (χ2v) is 5.40. The lowest BCUT2D eigenvalue weighted by atomic mass is 10.2. The average Bonchev–Trinajstić information content (AvgIpc) is 2.97. The Balaban J connectivity index is 1.71. The van der Waals surface area contributed by atoms with E-state index in [1.54, 1.807) is 0 Å². The van der Waals surface area contributed by atoms with Gasteiger partial charge >= 0.3 is 0 Å². The lowest BCUT2D eigenvalue weighted by Crippen LogP contribution is -2.29. The number of benzene rings is 1. The van der Waals surface area contributed by atoms with E-state index in [0.717, 1.165) is 30.3 Å². The second-order valence-electron chi connectivity index (χ2n) is 5.40. The number of nitrogens with one attached hydrogen (secondary N) is 1. The van der Waals surface area contributed by atoms with Gasteiger partial charge in [0.25, 0.3) is 0 Å². The Morgan fingerprint density at radius 1 is 1.15 bits per heavy atom. The van der Waals surface area contributed by atoms with Crippen LogP contribution in [0.2, 0.25) is 0 Å². The summed E-state index contributed by atoms with van der Waals surface area (Å²) in [7, 11) is 0. The van der Waals surface area contributed by atoms with Gasteiger partial charge in [0, 0.05) is 44.0 Å². The molecule has 20 heavy (non-hydrogen) atoms. The van der Waals surface area contributed by atoms with Gasteiger partial charge in [-0.15, -0.1) is 0 Å². The minimum atomic E-state index is -0.572. The van der Waals surface area contributed by atoms with Crippen LogP contribution in [0.4, 0.5) is 5.69 Å². The van der Waals surface area contributed by atoms with Crippen LogP contribution in [-0.2, 0) is 13.1 Å². The van der Waals surface area contributed by atoms with Crippen LogP contribution >= 0.6 is 0 Å². The normalized spacial score (nSPS) is 15.3. The number of hydrogen-bond donors (Lipinski definition) is 1. The molecule has 0 bridgehead atoms. The van der Waals surface area contributed by atoms with Crippen molar-refractivity contribution in [2.45, 2.75) is 39.6 Å². The predicted octanol–water partition coefficient (Wildman–Crippen LogP) is 3.63. The molecule has 0 atom stereocenters. The molecule has 0 spiro atoms. The molecule has 2 heterocycles. The van der Waals surface area contributed by atoms with E-state index in [4.69, 9.17) is 9.47 Å². The molecule has 1 N–H and O–H groups in total. The summed E-state index contributed by atoms with van der Waals surface area (Å²) in [5.74, 6) is 1.03. The molecular formula is C16H20N2O2. The van der Waals surface area contributed by atoms with E-state index < -0.39 is 5.79 Å². The zero-order chi connectivity index (χ0) is 14.2. The van der Waals surface area contributed by atoms with Crippen molar-refractivity contribution in [1.82, 2.24) is 4.57 Å². The Labute approximate surface area is 119 Å². The lowest BCUT2D eigenvalue weighted by molar-refractivity contribution is -0.0431. The number of hydrogen-bond acceptors (Lipinski definition) is 3. The molecule has 4 heteroatoms. The maximum Gasteiger partial charge on any atom is 0.246 e. The maximum atomic E-state index is 5.75. The van der Waals surface area contributed by atoms with Crippen LogP contribution in [0.25, 0.3) is 0 Å². The molecule has 0 aliphatic carbocycles. The first-order valence-electron chi connectivity index (χ1n) is 6.97. The molecule has 0 amide bonds. The molecule has 0 unspecified atom stereocenters. The van der Waals surface area contributed by atoms with Gasteiger partial charge in [-0.1, -0.05) is 0 Å². The zero-order valence-electron chi connectivity index (χ0n) is 12.1. The van der Waals surface area contributed by atoms with Gasteiger partial charge in [-0.2, -0.15) is 0 Å². The predicted molar refractivity (Wildman–Crippen MR) is 79.2 cm³/mol. The number of fused-ring (bicyclic) bond motifs is 1. The summed E-state index contributed by atoms with van der Waals surface area (Å²) in [6.07, 6.45) is 2.10. The Hall–Kier alpha value is -2.10. The van der Waals surface area contributed by atoms with Crippen molar-refractivity contribution in [3.05, 3.63) is 42.2 Å². The third-order valence-electron chi connectivity index (χ3n) is 3.39. The number of rotatable bonds is 4. The first-order chi connectivity index (χ1) is 9.57. The summed E-state index contributed by atoms with van der Waals surface area (Å²) in [6, 6.07) is 10.2. The van der Waals surface area contributed by atoms with Crippen LogP contribution < -0.4 is 14.8 Å². The third kappa shape index (κ3) is 2.46. The molecule has 0 saturated heterocycles. The molecule has 4 nitrogen and oxygen atoms in total. The Morgan fingerprint density at radius 3 is 2.75 bits per heavy atom. The van der Waals surface area contributed by atoms with Gasteiger partial charge in [0.15, 0.2) is 11.5 Å². The van der Waals surface area contributed by atoms with Gasteiger partial charge in [0.1, 0.15) is 0 Å². The van der Waals surface area contributed by atoms with Crippen molar-refractivity contribution >= 4 is 5.69 Å². The van der Waals surface area contributed by atoms with Crippen molar-refractivity contribution in [3.63, 3.8) is 0 Å². The molecule has 2 aromatic rings. The third-order valence-corrected chi connectivity index (χ3v) is 3.39. The van der Waals surface area contributed by atoms with E-state index in [2.05, 4.69) is 35.1 Å². The quantitative estimate of drug-likeness (QED) is 0.923. The van der Waals surface area contributed by atoms with E-state index in [-0.39, 0.29) is 0 Å². The number of anilines is 1. The van der Waals surface area contributed by atoms with Crippen LogP contribution in [0, 0.1) is 0 Å². The SMILES string of the molecule is CCn1cccc1CNc1ccc2c(c1)OC(C)(C)O2. The van der Waals surface area contributed by atoms with Crippen LogP contribution in [0.15, 0.2) is 36.5 Å². The number of ether oxygens (including phenoxy) is 2. The van der Waals surface area contributed by atoms with Crippen molar-refractivity contribution in [2.24, 2.45) is 0 Å². The molecule has 106 valence electrons. The van der Waals surface area contributed by atoms with Gasteiger partial charge in [0.05, 0.1) is 6.54 Å². The molecule has 1 aliphatic heterocycles. The molecule has 1 aliphatic rings. The Kier molecular flexibility index (Phi) is 3.08. The highest BCUT2D eigenvalue weighted by atomic mass is 16.7. The Morgan fingerprint density at radius 2 is 1.95 bits per heavy atom. The summed E-state index contributed by atoms with van der Waals surface area (Å²) in [4.78, 5) is 0. The van der Waals surface area contributed by atoms with Crippen molar-refractivity contribution in [2.75, 3.05) is 5.32 Å². The monoisotopic (exact) mass is 272 g/mol. The van der Waals surface area contributed by atoms with Crippen LogP contribution in [0.1, 0.15) is 26.5 Å².